The van der Waals surface area contributed by atoms with Gasteiger partial charge in [-0.3, -0.25) is 5.10 Å². The van der Waals surface area contributed by atoms with Gasteiger partial charge < -0.3 is 16.2 Å². The highest BCUT2D eigenvalue weighted by Crippen LogP contribution is 2.18. The first-order valence-electron chi connectivity index (χ1n) is 3.41. The van der Waals surface area contributed by atoms with Crippen LogP contribution in [0.1, 0.15) is 5.69 Å². The van der Waals surface area contributed by atoms with Crippen LogP contribution in [0, 0.1) is 0 Å². The van der Waals surface area contributed by atoms with Gasteiger partial charge in [0.2, 0.25) is 0 Å². The van der Waals surface area contributed by atoms with Gasteiger partial charge in [0.05, 0.1) is 11.4 Å². The van der Waals surface area contributed by atoms with Gasteiger partial charge in [-0.25, -0.2) is 0 Å². The molecule has 0 aromatic carbocycles. The van der Waals surface area contributed by atoms with Crippen LogP contribution in [0.5, 0.6) is 0 Å². The number of nitrogens with zero attached hydrogens (tertiary/aromatic N) is 1. The van der Waals surface area contributed by atoms with E-state index in [1.807, 2.05) is 0 Å². The summed E-state index contributed by atoms with van der Waals surface area (Å²) in [7, 11) is 1.75. The molecule has 0 radical (unpaired) electrons. The van der Waals surface area contributed by atoms with E-state index in [4.69, 9.17) is 10.8 Å². The quantitative estimate of drug-likeness (QED) is 0.478. The van der Waals surface area contributed by atoms with E-state index in [0.717, 1.165) is 5.69 Å². The molecule has 0 saturated heterocycles. The van der Waals surface area contributed by atoms with Crippen LogP contribution in [0.4, 0.5) is 11.5 Å². The second-order valence-electron chi connectivity index (χ2n) is 2.19. The highest BCUT2D eigenvalue weighted by Gasteiger charge is 2.06. The largest absolute Gasteiger partial charge is 0.396 e. The maximum atomic E-state index is 8.60. The summed E-state index contributed by atoms with van der Waals surface area (Å²) in [6, 6.07) is 0. The Labute approximate surface area is 64.6 Å². The van der Waals surface area contributed by atoms with Crippen LogP contribution in [-0.2, 0) is 6.42 Å². The van der Waals surface area contributed by atoms with Crippen LogP contribution in [-0.4, -0.2) is 29.0 Å². The molecule has 0 fully saturated rings. The van der Waals surface area contributed by atoms with Crippen LogP contribution >= 0.6 is 0 Å². The number of aromatic amines is 1. The Balaban J connectivity index is 2.82. The summed E-state index contributed by atoms with van der Waals surface area (Å²) >= 11 is 0. The zero-order chi connectivity index (χ0) is 8.27. The smallest absolute Gasteiger partial charge is 0.171 e. The molecule has 0 aliphatic rings. The number of aliphatic hydroxyl groups excluding tert-OH is 1. The third-order valence-corrected chi connectivity index (χ3v) is 1.48. The summed E-state index contributed by atoms with van der Waals surface area (Å²) in [4.78, 5) is 0. The molecule has 0 saturated carbocycles. The summed E-state index contributed by atoms with van der Waals surface area (Å²) < 4.78 is 0. The van der Waals surface area contributed by atoms with Crippen molar-refractivity contribution in [3.63, 3.8) is 0 Å². The number of rotatable bonds is 3. The third kappa shape index (κ3) is 1.43. The predicted octanol–water partition coefficient (Wildman–Crippen LogP) is -0.432. The number of hydrogen-bond acceptors (Lipinski definition) is 4. The van der Waals surface area contributed by atoms with Crippen molar-refractivity contribution in [3.05, 3.63) is 5.69 Å². The first kappa shape index (κ1) is 7.87. The average molecular weight is 156 g/mol. The van der Waals surface area contributed by atoms with Gasteiger partial charge in [-0.05, 0) is 0 Å². The second kappa shape index (κ2) is 3.25. The van der Waals surface area contributed by atoms with E-state index in [1.54, 1.807) is 7.05 Å². The minimum atomic E-state index is 0.0789. The maximum absolute atomic E-state index is 8.60. The van der Waals surface area contributed by atoms with E-state index in [0.29, 0.717) is 17.9 Å². The fourth-order valence-corrected chi connectivity index (χ4v) is 0.880. The molecule has 1 aromatic heterocycles. The Morgan fingerprint density at radius 3 is 2.91 bits per heavy atom. The molecule has 0 spiro atoms. The van der Waals surface area contributed by atoms with Crippen molar-refractivity contribution in [2.45, 2.75) is 6.42 Å². The lowest BCUT2D eigenvalue weighted by molar-refractivity contribution is 0.298. The fourth-order valence-electron chi connectivity index (χ4n) is 0.880. The van der Waals surface area contributed by atoms with Gasteiger partial charge in [-0.2, -0.15) is 5.10 Å². The van der Waals surface area contributed by atoms with Gasteiger partial charge in [0.1, 0.15) is 0 Å². The molecule has 5 nitrogen and oxygen atoms in total. The Bertz CT molecular complexity index is 232. The molecule has 62 valence electrons. The fraction of sp³-hybridized carbons (Fsp3) is 0.500. The minimum Gasteiger partial charge on any atom is -0.396 e. The van der Waals surface area contributed by atoms with Crippen LogP contribution < -0.4 is 11.1 Å². The lowest BCUT2D eigenvalue weighted by atomic mass is 10.3. The first-order valence-corrected chi connectivity index (χ1v) is 3.41. The summed E-state index contributed by atoms with van der Waals surface area (Å²) in [5.74, 6) is 0.633. The zero-order valence-electron chi connectivity index (χ0n) is 6.39. The van der Waals surface area contributed by atoms with E-state index >= 15 is 0 Å². The van der Waals surface area contributed by atoms with Gasteiger partial charge in [0.15, 0.2) is 5.82 Å². The number of aliphatic hydroxyl groups is 1. The molecule has 1 aromatic rings. The number of H-pyrrole nitrogens is 1. The van der Waals surface area contributed by atoms with Crippen LogP contribution in [0.25, 0.3) is 0 Å². The van der Waals surface area contributed by atoms with Gasteiger partial charge in [0, 0.05) is 20.1 Å². The summed E-state index contributed by atoms with van der Waals surface area (Å²) in [5, 5.41) is 18.0. The molecule has 5 N–H and O–H groups in total. The average Bonchev–Trinajstić information content (AvgIpc) is 2.34. The Kier molecular flexibility index (Phi) is 2.32. The molecule has 5 heteroatoms. The van der Waals surface area contributed by atoms with Gasteiger partial charge in [-0.15, -0.1) is 0 Å². The lowest BCUT2D eigenvalue weighted by Crippen LogP contribution is -1.97. The van der Waals surface area contributed by atoms with Gasteiger partial charge in [0.25, 0.3) is 0 Å². The molecule has 1 rings (SSSR count). The molecule has 0 atom stereocenters. The number of anilines is 2. The normalized spacial score (nSPS) is 10.0. The van der Waals surface area contributed by atoms with Crippen molar-refractivity contribution >= 4 is 11.5 Å². The molecular weight excluding hydrogens is 144 g/mol. The minimum absolute atomic E-state index is 0.0789. The highest BCUT2D eigenvalue weighted by molar-refractivity contribution is 5.63. The highest BCUT2D eigenvalue weighted by atomic mass is 16.3. The number of hydrogen-bond donors (Lipinski definition) is 4. The third-order valence-electron chi connectivity index (χ3n) is 1.48. The van der Waals surface area contributed by atoms with Crippen molar-refractivity contribution in [2.75, 3.05) is 24.7 Å². The molecule has 0 aliphatic heterocycles. The Hall–Kier alpha value is -1.23. The van der Waals surface area contributed by atoms with Crippen LogP contribution in [0.3, 0.4) is 0 Å². The zero-order valence-corrected chi connectivity index (χ0v) is 6.39. The predicted molar refractivity (Wildman–Crippen MR) is 43.3 cm³/mol. The second-order valence-corrected chi connectivity index (χ2v) is 2.19. The van der Waals surface area contributed by atoms with Crippen LogP contribution in [0.2, 0.25) is 0 Å². The monoisotopic (exact) mass is 156 g/mol. The summed E-state index contributed by atoms with van der Waals surface area (Å²) in [6.45, 7) is 0.0789. The van der Waals surface area contributed by atoms with Gasteiger partial charge >= 0.3 is 0 Å². The van der Waals surface area contributed by atoms with Gasteiger partial charge in [-0.1, -0.05) is 0 Å². The summed E-state index contributed by atoms with van der Waals surface area (Å²) in [5.41, 5.74) is 6.99. The lowest BCUT2D eigenvalue weighted by Gasteiger charge is -1.96. The number of aromatic nitrogens is 2. The molecule has 0 unspecified atom stereocenters. The standard InChI is InChI=1S/C6H12N4O/c1-8-6-5(7)4(2-3-11)9-10-6/h11H,2-3,7H2,1H3,(H2,8,9,10). The van der Waals surface area contributed by atoms with E-state index in [9.17, 15) is 0 Å². The van der Waals surface area contributed by atoms with Crippen molar-refractivity contribution < 1.29 is 5.11 Å². The van der Waals surface area contributed by atoms with E-state index in [1.165, 1.54) is 0 Å². The van der Waals surface area contributed by atoms with Crippen molar-refractivity contribution in [3.8, 4) is 0 Å². The molecule has 0 aliphatic carbocycles. The van der Waals surface area contributed by atoms with Crippen molar-refractivity contribution in [1.82, 2.24) is 10.2 Å². The number of nitrogens with two attached hydrogens (primary N) is 1. The van der Waals surface area contributed by atoms with Crippen molar-refractivity contribution in [1.29, 1.82) is 0 Å². The van der Waals surface area contributed by atoms with Crippen molar-refractivity contribution in [2.24, 2.45) is 0 Å². The first-order chi connectivity index (χ1) is 5.29. The molecular formula is C6H12N4O. The Morgan fingerprint density at radius 2 is 2.45 bits per heavy atom. The summed E-state index contributed by atoms with van der Waals surface area (Å²) in [6.07, 6.45) is 0.514. The molecule has 11 heavy (non-hydrogen) atoms. The Morgan fingerprint density at radius 1 is 1.73 bits per heavy atom. The number of nitrogens with one attached hydrogen (secondary N) is 2. The molecule has 1 heterocycles. The topological polar surface area (TPSA) is 87.0 Å². The van der Waals surface area contributed by atoms with E-state index in [2.05, 4.69) is 15.5 Å². The SMILES string of the molecule is CNc1n[nH]c(CCO)c1N. The van der Waals surface area contributed by atoms with E-state index < -0.39 is 0 Å². The van der Waals surface area contributed by atoms with E-state index in [-0.39, 0.29) is 6.61 Å². The number of nitrogen functional groups attached to an aromatic ring is 1. The molecule has 0 bridgehead atoms. The van der Waals surface area contributed by atoms with Crippen LogP contribution in [0.15, 0.2) is 0 Å². The maximum Gasteiger partial charge on any atom is 0.171 e. The molecule has 0 amide bonds.